The lowest BCUT2D eigenvalue weighted by Crippen LogP contribution is -1.94. The van der Waals surface area contributed by atoms with E-state index in [1.165, 1.54) is 0 Å². The van der Waals surface area contributed by atoms with E-state index in [2.05, 4.69) is 9.97 Å². The van der Waals surface area contributed by atoms with E-state index in [9.17, 15) is 0 Å². The van der Waals surface area contributed by atoms with Crippen LogP contribution in [0.4, 0.5) is 0 Å². The molecule has 0 unspecified atom stereocenters. The number of nitrogens with zero attached hydrogens (tertiary/aromatic N) is 2. The van der Waals surface area contributed by atoms with Crippen molar-refractivity contribution in [1.82, 2.24) is 9.97 Å². The maximum absolute atomic E-state index is 5.70. The predicted octanol–water partition coefficient (Wildman–Crippen LogP) is 3.20. The van der Waals surface area contributed by atoms with Gasteiger partial charge in [0.25, 0.3) is 0 Å². The number of aryl methyl sites for hydroxylation is 1. The molecule has 0 aliphatic rings. The maximum Gasteiger partial charge on any atom is 0.162 e. The number of rotatable bonds is 3. The first-order valence-electron chi connectivity index (χ1n) is 5.26. The zero-order valence-electron chi connectivity index (χ0n) is 9.77. The number of aromatic nitrogens is 2. The monoisotopic (exact) mass is 248 g/mol. The quantitative estimate of drug-likeness (QED) is 0.783. The van der Waals surface area contributed by atoms with Crippen LogP contribution in [-0.4, -0.2) is 17.1 Å². The van der Waals surface area contributed by atoms with E-state index < -0.39 is 0 Å². The molecule has 0 saturated heterocycles. The third kappa shape index (κ3) is 2.56. The highest BCUT2D eigenvalue weighted by molar-refractivity contribution is 6.17. The standard InChI is InChI=1S/C13H13ClN2O/c1-9-3-4-11(12(5-9)17-2)13-15-7-10(6-14)8-16-13/h3-5,7-8H,6H2,1-2H3. The van der Waals surface area contributed by atoms with E-state index in [-0.39, 0.29) is 0 Å². The number of hydrogen-bond acceptors (Lipinski definition) is 3. The number of halogens is 1. The molecular formula is C13H13ClN2O. The van der Waals surface area contributed by atoms with E-state index in [4.69, 9.17) is 16.3 Å². The average Bonchev–Trinajstić information content (AvgIpc) is 2.39. The summed E-state index contributed by atoms with van der Waals surface area (Å²) in [4.78, 5) is 8.56. The van der Waals surface area contributed by atoms with Crippen molar-refractivity contribution in [3.63, 3.8) is 0 Å². The SMILES string of the molecule is COc1cc(C)ccc1-c1ncc(CCl)cn1. The normalized spacial score (nSPS) is 10.3. The molecule has 0 fully saturated rings. The Balaban J connectivity index is 2.44. The van der Waals surface area contributed by atoms with E-state index >= 15 is 0 Å². The van der Waals surface area contributed by atoms with Crippen LogP contribution in [-0.2, 0) is 5.88 Å². The first-order chi connectivity index (χ1) is 8.24. The van der Waals surface area contributed by atoms with Crippen LogP contribution in [0.3, 0.4) is 0 Å². The predicted molar refractivity (Wildman–Crippen MR) is 68.3 cm³/mol. The van der Waals surface area contributed by atoms with Crippen molar-refractivity contribution in [2.75, 3.05) is 7.11 Å². The number of hydrogen-bond donors (Lipinski definition) is 0. The molecule has 3 nitrogen and oxygen atoms in total. The molecule has 1 aromatic heterocycles. The molecule has 0 amide bonds. The number of ether oxygens (including phenoxy) is 1. The molecule has 0 spiro atoms. The Kier molecular flexibility index (Phi) is 3.59. The van der Waals surface area contributed by atoms with E-state index in [0.717, 1.165) is 22.4 Å². The molecule has 2 aromatic rings. The van der Waals surface area contributed by atoms with Crippen molar-refractivity contribution < 1.29 is 4.74 Å². The highest BCUT2D eigenvalue weighted by Gasteiger charge is 2.08. The van der Waals surface area contributed by atoms with Crippen molar-refractivity contribution >= 4 is 11.6 Å². The summed E-state index contributed by atoms with van der Waals surface area (Å²) in [5.41, 5.74) is 2.93. The Bertz CT molecular complexity index is 511. The minimum absolute atomic E-state index is 0.422. The van der Waals surface area contributed by atoms with Crippen LogP contribution in [0.1, 0.15) is 11.1 Å². The number of alkyl halides is 1. The molecule has 0 bridgehead atoms. The molecule has 0 atom stereocenters. The molecular weight excluding hydrogens is 236 g/mol. The van der Waals surface area contributed by atoms with Crippen LogP contribution >= 0.6 is 11.6 Å². The van der Waals surface area contributed by atoms with Crippen LogP contribution in [0, 0.1) is 6.92 Å². The molecule has 17 heavy (non-hydrogen) atoms. The van der Waals surface area contributed by atoms with Crippen molar-refractivity contribution in [2.24, 2.45) is 0 Å². The molecule has 4 heteroatoms. The van der Waals surface area contributed by atoms with Gasteiger partial charge in [-0.3, -0.25) is 0 Å². The van der Waals surface area contributed by atoms with Crippen LogP contribution in [0.25, 0.3) is 11.4 Å². The van der Waals surface area contributed by atoms with Gasteiger partial charge in [0.2, 0.25) is 0 Å². The third-order valence-corrected chi connectivity index (χ3v) is 2.77. The third-order valence-electron chi connectivity index (χ3n) is 2.46. The topological polar surface area (TPSA) is 35.0 Å². The molecule has 0 N–H and O–H groups in total. The second-order valence-corrected chi connectivity index (χ2v) is 4.02. The first-order valence-corrected chi connectivity index (χ1v) is 5.80. The summed E-state index contributed by atoms with van der Waals surface area (Å²) in [6.45, 7) is 2.02. The molecule has 0 aliphatic carbocycles. The van der Waals surface area contributed by atoms with Gasteiger partial charge in [-0.1, -0.05) is 6.07 Å². The minimum Gasteiger partial charge on any atom is -0.496 e. The summed E-state index contributed by atoms with van der Waals surface area (Å²) in [5.74, 6) is 1.85. The minimum atomic E-state index is 0.422. The van der Waals surface area contributed by atoms with Crippen molar-refractivity contribution in [2.45, 2.75) is 12.8 Å². The first kappa shape index (κ1) is 11.9. The summed E-state index contributed by atoms with van der Waals surface area (Å²) in [6, 6.07) is 5.94. The van der Waals surface area contributed by atoms with Crippen LogP contribution < -0.4 is 4.74 Å². The molecule has 2 rings (SSSR count). The van der Waals surface area contributed by atoms with Crippen LogP contribution in [0.15, 0.2) is 30.6 Å². The van der Waals surface area contributed by atoms with Gasteiger partial charge in [0.05, 0.1) is 18.6 Å². The second kappa shape index (κ2) is 5.15. The fourth-order valence-electron chi connectivity index (χ4n) is 1.55. The number of methoxy groups -OCH3 is 1. The van der Waals surface area contributed by atoms with E-state index in [1.54, 1.807) is 19.5 Å². The molecule has 1 heterocycles. The van der Waals surface area contributed by atoms with Gasteiger partial charge in [0, 0.05) is 18.0 Å². The van der Waals surface area contributed by atoms with Crippen LogP contribution in [0.2, 0.25) is 0 Å². The highest BCUT2D eigenvalue weighted by atomic mass is 35.5. The van der Waals surface area contributed by atoms with Gasteiger partial charge in [-0.2, -0.15) is 0 Å². The lowest BCUT2D eigenvalue weighted by molar-refractivity contribution is 0.416. The van der Waals surface area contributed by atoms with Crippen molar-refractivity contribution in [3.8, 4) is 17.1 Å². The Morgan fingerprint density at radius 3 is 2.53 bits per heavy atom. The van der Waals surface area contributed by atoms with E-state index in [0.29, 0.717) is 11.7 Å². The fourth-order valence-corrected chi connectivity index (χ4v) is 1.68. The van der Waals surface area contributed by atoms with Gasteiger partial charge in [-0.25, -0.2) is 9.97 Å². The Morgan fingerprint density at radius 1 is 1.24 bits per heavy atom. The Morgan fingerprint density at radius 2 is 1.94 bits per heavy atom. The number of benzene rings is 1. The molecule has 1 aromatic carbocycles. The lowest BCUT2D eigenvalue weighted by atomic mass is 10.1. The van der Waals surface area contributed by atoms with Gasteiger partial charge < -0.3 is 4.74 Å². The van der Waals surface area contributed by atoms with Gasteiger partial charge in [0.1, 0.15) is 5.75 Å². The van der Waals surface area contributed by atoms with Gasteiger partial charge >= 0.3 is 0 Å². The van der Waals surface area contributed by atoms with Crippen molar-refractivity contribution in [1.29, 1.82) is 0 Å². The van der Waals surface area contributed by atoms with Gasteiger partial charge in [-0.05, 0) is 24.6 Å². The smallest absolute Gasteiger partial charge is 0.162 e. The maximum atomic E-state index is 5.70. The molecule has 0 saturated carbocycles. The lowest BCUT2D eigenvalue weighted by Gasteiger charge is -2.08. The highest BCUT2D eigenvalue weighted by Crippen LogP contribution is 2.27. The van der Waals surface area contributed by atoms with Gasteiger partial charge in [-0.15, -0.1) is 11.6 Å². The van der Waals surface area contributed by atoms with Gasteiger partial charge in [0.15, 0.2) is 5.82 Å². The Hall–Kier alpha value is -1.61. The second-order valence-electron chi connectivity index (χ2n) is 3.75. The zero-order valence-corrected chi connectivity index (χ0v) is 10.5. The molecule has 88 valence electrons. The zero-order chi connectivity index (χ0) is 12.3. The summed E-state index contributed by atoms with van der Waals surface area (Å²) in [5, 5.41) is 0. The Labute approximate surface area is 105 Å². The summed E-state index contributed by atoms with van der Waals surface area (Å²) >= 11 is 5.70. The summed E-state index contributed by atoms with van der Waals surface area (Å²) < 4.78 is 5.33. The fraction of sp³-hybridized carbons (Fsp3) is 0.231. The summed E-state index contributed by atoms with van der Waals surface area (Å²) in [6.07, 6.45) is 3.46. The van der Waals surface area contributed by atoms with Crippen LogP contribution in [0.5, 0.6) is 5.75 Å². The van der Waals surface area contributed by atoms with E-state index in [1.807, 2.05) is 25.1 Å². The molecule has 0 radical (unpaired) electrons. The molecule has 0 aliphatic heterocycles. The summed E-state index contributed by atoms with van der Waals surface area (Å²) in [7, 11) is 1.64. The average molecular weight is 249 g/mol. The van der Waals surface area contributed by atoms with Crippen molar-refractivity contribution in [3.05, 3.63) is 41.7 Å². The largest absolute Gasteiger partial charge is 0.496 e.